The zero-order valence-corrected chi connectivity index (χ0v) is 11.8. The lowest BCUT2D eigenvalue weighted by molar-refractivity contribution is 0.317. The first-order valence-electron chi connectivity index (χ1n) is 6.65. The molecule has 0 bridgehead atoms. The fourth-order valence-electron chi connectivity index (χ4n) is 2.03. The first-order chi connectivity index (χ1) is 9.24. The van der Waals surface area contributed by atoms with E-state index in [0.717, 1.165) is 36.6 Å². The molecule has 102 valence electrons. The summed E-state index contributed by atoms with van der Waals surface area (Å²) in [4.78, 5) is 0. The molecule has 4 nitrogen and oxygen atoms in total. The molecular formula is C15H21N3O. The Morgan fingerprint density at radius 1 is 1.26 bits per heavy atom. The Morgan fingerprint density at radius 3 is 2.63 bits per heavy atom. The highest BCUT2D eigenvalue weighted by molar-refractivity contribution is 5.63. The molecule has 0 saturated carbocycles. The Bertz CT molecular complexity index is 517. The third-order valence-electron chi connectivity index (χ3n) is 2.87. The zero-order chi connectivity index (χ0) is 13.7. The zero-order valence-electron chi connectivity index (χ0n) is 11.8. The van der Waals surface area contributed by atoms with Gasteiger partial charge in [0.25, 0.3) is 0 Å². The SMILES string of the molecule is CCCOc1ccc(-c2nn(C)cc2CNC)cc1. The first kappa shape index (κ1) is 13.6. The van der Waals surface area contributed by atoms with Crippen LogP contribution < -0.4 is 10.1 Å². The molecular weight excluding hydrogens is 238 g/mol. The van der Waals surface area contributed by atoms with E-state index in [1.807, 2.05) is 37.1 Å². The van der Waals surface area contributed by atoms with E-state index in [4.69, 9.17) is 4.74 Å². The smallest absolute Gasteiger partial charge is 0.119 e. The lowest BCUT2D eigenvalue weighted by Gasteiger charge is -2.06. The van der Waals surface area contributed by atoms with E-state index >= 15 is 0 Å². The molecule has 1 aromatic heterocycles. The maximum absolute atomic E-state index is 5.59. The minimum atomic E-state index is 0.758. The number of hydrogen-bond acceptors (Lipinski definition) is 3. The van der Waals surface area contributed by atoms with Crippen molar-refractivity contribution in [3.05, 3.63) is 36.0 Å². The lowest BCUT2D eigenvalue weighted by atomic mass is 10.1. The van der Waals surface area contributed by atoms with E-state index in [0.29, 0.717) is 0 Å². The van der Waals surface area contributed by atoms with Gasteiger partial charge in [0.15, 0.2) is 0 Å². The van der Waals surface area contributed by atoms with E-state index < -0.39 is 0 Å². The van der Waals surface area contributed by atoms with Gasteiger partial charge in [-0.05, 0) is 37.7 Å². The van der Waals surface area contributed by atoms with Gasteiger partial charge < -0.3 is 10.1 Å². The van der Waals surface area contributed by atoms with Crippen LogP contribution in [0.2, 0.25) is 0 Å². The van der Waals surface area contributed by atoms with Crippen LogP contribution in [0.25, 0.3) is 11.3 Å². The highest BCUT2D eigenvalue weighted by atomic mass is 16.5. The van der Waals surface area contributed by atoms with Gasteiger partial charge in [0.1, 0.15) is 5.75 Å². The molecule has 0 amide bonds. The van der Waals surface area contributed by atoms with E-state index in [1.54, 1.807) is 0 Å². The van der Waals surface area contributed by atoms with Crippen molar-refractivity contribution < 1.29 is 4.74 Å². The quantitative estimate of drug-likeness (QED) is 0.866. The van der Waals surface area contributed by atoms with Crippen molar-refractivity contribution in [2.75, 3.05) is 13.7 Å². The lowest BCUT2D eigenvalue weighted by Crippen LogP contribution is -2.05. The van der Waals surface area contributed by atoms with E-state index in [9.17, 15) is 0 Å². The number of hydrogen-bond donors (Lipinski definition) is 1. The van der Waals surface area contributed by atoms with Crippen molar-refractivity contribution in [1.29, 1.82) is 0 Å². The standard InChI is InChI=1S/C15H21N3O/c1-4-9-19-14-7-5-12(6-8-14)15-13(10-16-2)11-18(3)17-15/h5-8,11,16H,4,9-10H2,1-3H3. The van der Waals surface area contributed by atoms with Crippen molar-refractivity contribution in [3.63, 3.8) is 0 Å². The minimum absolute atomic E-state index is 0.758. The van der Waals surface area contributed by atoms with Crippen molar-refractivity contribution in [2.45, 2.75) is 19.9 Å². The van der Waals surface area contributed by atoms with Crippen molar-refractivity contribution >= 4 is 0 Å². The normalized spacial score (nSPS) is 10.7. The van der Waals surface area contributed by atoms with Gasteiger partial charge in [0.05, 0.1) is 12.3 Å². The molecule has 0 radical (unpaired) electrons. The fourth-order valence-corrected chi connectivity index (χ4v) is 2.03. The summed E-state index contributed by atoms with van der Waals surface area (Å²) in [6, 6.07) is 8.13. The molecule has 0 spiro atoms. The van der Waals surface area contributed by atoms with Crippen LogP contribution in [0, 0.1) is 0 Å². The average molecular weight is 259 g/mol. The summed E-state index contributed by atoms with van der Waals surface area (Å²) in [6.07, 6.45) is 3.07. The molecule has 0 saturated heterocycles. The van der Waals surface area contributed by atoms with Gasteiger partial charge in [-0.1, -0.05) is 6.92 Å². The topological polar surface area (TPSA) is 39.1 Å². The Kier molecular flexibility index (Phi) is 4.58. The van der Waals surface area contributed by atoms with E-state index in [2.05, 4.69) is 29.5 Å². The molecule has 0 aliphatic rings. The number of nitrogens with one attached hydrogen (secondary N) is 1. The van der Waals surface area contributed by atoms with E-state index in [-0.39, 0.29) is 0 Å². The maximum atomic E-state index is 5.59. The van der Waals surface area contributed by atoms with Crippen LogP contribution in [0.15, 0.2) is 30.5 Å². The predicted octanol–water partition coefficient (Wildman–Crippen LogP) is 2.60. The summed E-state index contributed by atoms with van der Waals surface area (Å²) in [5.41, 5.74) is 3.35. The van der Waals surface area contributed by atoms with Crippen LogP contribution in [-0.4, -0.2) is 23.4 Å². The number of benzene rings is 1. The van der Waals surface area contributed by atoms with Gasteiger partial charge in [-0.15, -0.1) is 0 Å². The van der Waals surface area contributed by atoms with Gasteiger partial charge in [-0.25, -0.2) is 0 Å². The second-order valence-corrected chi connectivity index (χ2v) is 4.58. The summed E-state index contributed by atoms with van der Waals surface area (Å²) in [7, 11) is 3.89. The Labute approximate surface area is 114 Å². The predicted molar refractivity (Wildman–Crippen MR) is 77.2 cm³/mol. The maximum Gasteiger partial charge on any atom is 0.119 e. The molecule has 0 atom stereocenters. The highest BCUT2D eigenvalue weighted by Gasteiger charge is 2.09. The summed E-state index contributed by atoms with van der Waals surface area (Å²) in [5.74, 6) is 0.914. The Morgan fingerprint density at radius 2 is 2.00 bits per heavy atom. The van der Waals surface area contributed by atoms with Crippen LogP contribution in [0.3, 0.4) is 0 Å². The molecule has 1 aromatic carbocycles. The Balaban J connectivity index is 2.21. The fraction of sp³-hybridized carbons (Fsp3) is 0.400. The Hall–Kier alpha value is -1.81. The van der Waals surface area contributed by atoms with Gasteiger partial charge in [0, 0.05) is 30.9 Å². The van der Waals surface area contributed by atoms with Crippen molar-refractivity contribution in [1.82, 2.24) is 15.1 Å². The number of aromatic nitrogens is 2. The molecule has 1 N–H and O–H groups in total. The van der Waals surface area contributed by atoms with Gasteiger partial charge in [0.2, 0.25) is 0 Å². The number of rotatable bonds is 6. The molecule has 0 aliphatic carbocycles. The molecule has 1 heterocycles. The summed E-state index contributed by atoms with van der Waals surface area (Å²) in [5, 5.41) is 7.70. The second-order valence-electron chi connectivity index (χ2n) is 4.58. The molecule has 0 aliphatic heterocycles. The highest BCUT2D eigenvalue weighted by Crippen LogP contribution is 2.24. The molecule has 0 fully saturated rings. The third-order valence-corrected chi connectivity index (χ3v) is 2.87. The summed E-state index contributed by atoms with van der Waals surface area (Å²) >= 11 is 0. The molecule has 19 heavy (non-hydrogen) atoms. The second kappa shape index (κ2) is 6.38. The first-order valence-corrected chi connectivity index (χ1v) is 6.65. The monoisotopic (exact) mass is 259 g/mol. The van der Waals surface area contributed by atoms with Crippen molar-refractivity contribution in [2.24, 2.45) is 7.05 Å². The number of nitrogens with zero attached hydrogens (tertiary/aromatic N) is 2. The summed E-state index contributed by atoms with van der Waals surface area (Å²) < 4.78 is 7.44. The van der Waals surface area contributed by atoms with Crippen molar-refractivity contribution in [3.8, 4) is 17.0 Å². The van der Waals surface area contributed by atoms with Crippen LogP contribution in [0.4, 0.5) is 0 Å². The average Bonchev–Trinajstić information content (AvgIpc) is 2.78. The van der Waals surface area contributed by atoms with E-state index in [1.165, 1.54) is 5.56 Å². The molecule has 4 heteroatoms. The van der Waals surface area contributed by atoms with Crippen LogP contribution in [0.1, 0.15) is 18.9 Å². The molecule has 2 aromatic rings. The largest absolute Gasteiger partial charge is 0.494 e. The van der Waals surface area contributed by atoms with Gasteiger partial charge in [-0.3, -0.25) is 4.68 Å². The van der Waals surface area contributed by atoms with Gasteiger partial charge in [-0.2, -0.15) is 5.10 Å². The van der Waals surface area contributed by atoms with Crippen LogP contribution in [-0.2, 0) is 13.6 Å². The molecule has 0 unspecified atom stereocenters. The minimum Gasteiger partial charge on any atom is -0.494 e. The summed E-state index contributed by atoms with van der Waals surface area (Å²) in [6.45, 7) is 3.68. The molecule has 2 rings (SSSR count). The van der Waals surface area contributed by atoms with Gasteiger partial charge >= 0.3 is 0 Å². The third kappa shape index (κ3) is 3.35. The number of ether oxygens (including phenoxy) is 1. The number of aryl methyl sites for hydroxylation is 1. The van der Waals surface area contributed by atoms with Crippen LogP contribution in [0.5, 0.6) is 5.75 Å². The van der Waals surface area contributed by atoms with Crippen LogP contribution >= 0.6 is 0 Å².